The Balaban J connectivity index is 2.08. The molecular weight excluding hydrogens is 170 g/mol. The van der Waals surface area contributed by atoms with Gasteiger partial charge in [-0.25, -0.2) is 4.98 Å². The van der Waals surface area contributed by atoms with Crippen molar-refractivity contribution < 1.29 is 0 Å². The largest absolute Gasteiger partial charge is 0.316 e. The third-order valence-corrected chi connectivity index (χ3v) is 3.16. The van der Waals surface area contributed by atoms with Crippen molar-refractivity contribution in [1.29, 1.82) is 0 Å². The zero-order valence-electron chi connectivity index (χ0n) is 7.21. The number of nitrogens with one attached hydrogen (secondary N) is 1. The predicted octanol–water partition coefficient (Wildman–Crippen LogP) is 1.31. The lowest BCUT2D eigenvalue weighted by atomic mass is 10.0. The molecule has 1 atom stereocenters. The van der Waals surface area contributed by atoms with Crippen LogP contribution in [-0.2, 0) is 0 Å². The molecule has 2 rings (SSSR count). The van der Waals surface area contributed by atoms with Crippen molar-refractivity contribution in [3.63, 3.8) is 0 Å². The van der Waals surface area contributed by atoms with Crippen LogP contribution in [0.4, 0.5) is 0 Å². The van der Waals surface area contributed by atoms with E-state index in [4.69, 9.17) is 0 Å². The molecule has 1 aliphatic rings. The summed E-state index contributed by atoms with van der Waals surface area (Å²) in [6.07, 6.45) is 2.53. The minimum atomic E-state index is 0.616. The van der Waals surface area contributed by atoms with Crippen LogP contribution >= 0.6 is 11.5 Å². The summed E-state index contributed by atoms with van der Waals surface area (Å²) < 4.78 is 4.19. The van der Waals surface area contributed by atoms with Gasteiger partial charge in [0.25, 0.3) is 0 Å². The van der Waals surface area contributed by atoms with Crippen molar-refractivity contribution in [1.82, 2.24) is 14.7 Å². The van der Waals surface area contributed by atoms with Crippen molar-refractivity contribution in [2.24, 2.45) is 0 Å². The molecule has 0 amide bonds. The second-order valence-electron chi connectivity index (χ2n) is 3.22. The topological polar surface area (TPSA) is 37.8 Å². The van der Waals surface area contributed by atoms with Crippen LogP contribution in [0.5, 0.6) is 0 Å². The highest BCUT2D eigenvalue weighted by atomic mass is 32.1. The van der Waals surface area contributed by atoms with E-state index in [9.17, 15) is 0 Å². The Morgan fingerprint density at radius 1 is 1.58 bits per heavy atom. The first-order chi connectivity index (χ1) is 5.86. The lowest BCUT2D eigenvalue weighted by molar-refractivity contribution is 0.460. The molecule has 0 aliphatic carbocycles. The van der Waals surface area contributed by atoms with Crippen molar-refractivity contribution in [2.75, 3.05) is 13.1 Å². The Hall–Kier alpha value is -0.480. The first-order valence-corrected chi connectivity index (χ1v) is 5.14. The van der Waals surface area contributed by atoms with Gasteiger partial charge in [-0.1, -0.05) is 0 Å². The molecule has 1 aromatic heterocycles. The quantitative estimate of drug-likeness (QED) is 0.713. The van der Waals surface area contributed by atoms with Crippen LogP contribution in [-0.4, -0.2) is 22.4 Å². The fourth-order valence-corrected chi connectivity index (χ4v) is 2.33. The number of aryl methyl sites for hydroxylation is 1. The summed E-state index contributed by atoms with van der Waals surface area (Å²) in [6, 6.07) is 0. The van der Waals surface area contributed by atoms with Gasteiger partial charge in [0.2, 0.25) is 0 Å². The molecular formula is C8H13N3S. The monoisotopic (exact) mass is 183 g/mol. The number of nitrogens with zero attached hydrogens (tertiary/aromatic N) is 2. The molecule has 1 saturated heterocycles. The number of rotatable bonds is 1. The zero-order valence-corrected chi connectivity index (χ0v) is 8.02. The lowest BCUT2D eigenvalue weighted by Crippen LogP contribution is -2.28. The van der Waals surface area contributed by atoms with E-state index >= 15 is 0 Å². The van der Waals surface area contributed by atoms with Crippen LogP contribution in [0.15, 0.2) is 0 Å². The summed E-state index contributed by atoms with van der Waals surface area (Å²) in [4.78, 5) is 4.40. The van der Waals surface area contributed by atoms with Crippen molar-refractivity contribution >= 4 is 11.5 Å². The number of hydrogen-bond acceptors (Lipinski definition) is 4. The lowest BCUT2D eigenvalue weighted by Gasteiger charge is -2.19. The van der Waals surface area contributed by atoms with Gasteiger partial charge < -0.3 is 5.32 Å². The first-order valence-electron chi connectivity index (χ1n) is 4.37. The standard InChI is InChI=1S/C8H13N3S/c1-6-10-8(12-11-6)7-3-2-4-9-5-7/h7,9H,2-5H2,1H3/t7-/m0/s1. The molecule has 1 fully saturated rings. The molecule has 1 aromatic rings. The molecule has 1 aliphatic heterocycles. The second-order valence-corrected chi connectivity index (χ2v) is 4.01. The normalized spacial score (nSPS) is 24.2. The third-order valence-electron chi connectivity index (χ3n) is 2.19. The summed E-state index contributed by atoms with van der Waals surface area (Å²) in [5, 5.41) is 4.59. The predicted molar refractivity (Wildman–Crippen MR) is 49.5 cm³/mol. The van der Waals surface area contributed by atoms with Gasteiger partial charge in [-0.15, -0.1) is 0 Å². The van der Waals surface area contributed by atoms with E-state index in [0.717, 1.165) is 18.9 Å². The Morgan fingerprint density at radius 2 is 2.50 bits per heavy atom. The van der Waals surface area contributed by atoms with E-state index in [1.165, 1.54) is 17.8 Å². The molecule has 0 aromatic carbocycles. The summed E-state index contributed by atoms with van der Waals surface area (Å²) >= 11 is 1.55. The Bertz CT molecular complexity index is 253. The van der Waals surface area contributed by atoms with E-state index in [0.29, 0.717) is 5.92 Å². The van der Waals surface area contributed by atoms with Gasteiger partial charge in [0.15, 0.2) is 0 Å². The Kier molecular flexibility index (Phi) is 2.37. The van der Waals surface area contributed by atoms with Gasteiger partial charge in [-0.2, -0.15) is 4.37 Å². The highest BCUT2D eigenvalue weighted by Gasteiger charge is 2.18. The molecule has 0 radical (unpaired) electrons. The van der Waals surface area contributed by atoms with Crippen molar-refractivity contribution in [3.05, 3.63) is 10.8 Å². The third kappa shape index (κ3) is 1.64. The van der Waals surface area contributed by atoms with E-state index < -0.39 is 0 Å². The smallest absolute Gasteiger partial charge is 0.139 e. The molecule has 1 N–H and O–H groups in total. The highest BCUT2D eigenvalue weighted by molar-refractivity contribution is 7.05. The summed E-state index contributed by atoms with van der Waals surface area (Å²) in [6.45, 7) is 4.19. The summed E-state index contributed by atoms with van der Waals surface area (Å²) in [7, 11) is 0. The van der Waals surface area contributed by atoms with Gasteiger partial charge in [0.05, 0.1) is 0 Å². The Labute approximate surface area is 76.4 Å². The molecule has 2 heterocycles. The fraction of sp³-hybridized carbons (Fsp3) is 0.750. The molecule has 0 bridgehead atoms. The maximum Gasteiger partial charge on any atom is 0.139 e. The molecule has 0 unspecified atom stereocenters. The average molecular weight is 183 g/mol. The van der Waals surface area contributed by atoms with Gasteiger partial charge in [-0.05, 0) is 37.8 Å². The molecule has 12 heavy (non-hydrogen) atoms. The molecule has 3 nitrogen and oxygen atoms in total. The fourth-order valence-electron chi connectivity index (χ4n) is 1.54. The van der Waals surface area contributed by atoms with Crippen LogP contribution in [0.1, 0.15) is 29.6 Å². The van der Waals surface area contributed by atoms with Gasteiger partial charge in [0, 0.05) is 12.5 Å². The van der Waals surface area contributed by atoms with Gasteiger partial charge >= 0.3 is 0 Å². The maximum atomic E-state index is 4.40. The molecule has 0 saturated carbocycles. The maximum absolute atomic E-state index is 4.40. The van der Waals surface area contributed by atoms with E-state index in [1.54, 1.807) is 11.5 Å². The van der Waals surface area contributed by atoms with E-state index in [2.05, 4.69) is 14.7 Å². The highest BCUT2D eigenvalue weighted by Crippen LogP contribution is 2.23. The van der Waals surface area contributed by atoms with Crippen molar-refractivity contribution in [2.45, 2.75) is 25.7 Å². The SMILES string of the molecule is Cc1nsc([C@H]2CCCNC2)n1. The summed E-state index contributed by atoms with van der Waals surface area (Å²) in [5.74, 6) is 1.53. The van der Waals surface area contributed by atoms with Gasteiger partial charge in [0.1, 0.15) is 10.8 Å². The van der Waals surface area contributed by atoms with Crippen LogP contribution in [0.3, 0.4) is 0 Å². The van der Waals surface area contributed by atoms with Crippen LogP contribution in [0.25, 0.3) is 0 Å². The Morgan fingerprint density at radius 3 is 3.08 bits per heavy atom. The second kappa shape index (κ2) is 3.49. The van der Waals surface area contributed by atoms with Crippen LogP contribution < -0.4 is 5.32 Å². The van der Waals surface area contributed by atoms with Crippen LogP contribution in [0, 0.1) is 6.92 Å². The number of aromatic nitrogens is 2. The number of hydrogen-bond donors (Lipinski definition) is 1. The number of piperidine rings is 1. The molecule has 0 spiro atoms. The first kappa shape index (κ1) is 8.13. The minimum absolute atomic E-state index is 0.616. The molecule has 4 heteroatoms. The van der Waals surface area contributed by atoms with E-state index in [-0.39, 0.29) is 0 Å². The minimum Gasteiger partial charge on any atom is -0.316 e. The van der Waals surface area contributed by atoms with Gasteiger partial charge in [-0.3, -0.25) is 0 Å². The zero-order chi connectivity index (χ0) is 8.39. The van der Waals surface area contributed by atoms with Crippen LogP contribution in [0.2, 0.25) is 0 Å². The van der Waals surface area contributed by atoms with Crippen molar-refractivity contribution in [3.8, 4) is 0 Å². The van der Waals surface area contributed by atoms with E-state index in [1.807, 2.05) is 6.92 Å². The average Bonchev–Trinajstić information content (AvgIpc) is 2.54. The molecule has 66 valence electrons. The summed E-state index contributed by atoms with van der Waals surface area (Å²) in [5.41, 5.74) is 0.